The molecule has 0 saturated carbocycles. The molecule has 1 aromatic carbocycles. The highest BCUT2D eigenvalue weighted by atomic mass is 32.2. The highest BCUT2D eigenvalue weighted by molar-refractivity contribution is 8.00. The third kappa shape index (κ3) is 3.74. The Morgan fingerprint density at radius 3 is 2.84 bits per heavy atom. The van der Waals surface area contributed by atoms with Crippen molar-refractivity contribution in [2.24, 2.45) is 0 Å². The van der Waals surface area contributed by atoms with Crippen LogP contribution in [0.15, 0.2) is 29.2 Å². The molecule has 104 valence electrons. The first kappa shape index (κ1) is 13.5. The molecule has 1 atom stereocenters. The smallest absolute Gasteiger partial charge is 0.0260 e. The van der Waals surface area contributed by atoms with Crippen LogP contribution in [0.1, 0.15) is 24.8 Å². The van der Waals surface area contributed by atoms with Crippen LogP contribution in [0, 0.1) is 0 Å². The molecule has 0 spiro atoms. The third-order valence-electron chi connectivity index (χ3n) is 4.14. The molecule has 1 N–H and O–H groups in total. The number of benzene rings is 1. The van der Waals surface area contributed by atoms with Crippen molar-refractivity contribution in [3.05, 3.63) is 29.8 Å². The van der Waals surface area contributed by atoms with Gasteiger partial charge in [0.25, 0.3) is 0 Å². The zero-order valence-electron chi connectivity index (χ0n) is 11.6. The number of hydrogen-bond acceptors (Lipinski definition) is 3. The summed E-state index contributed by atoms with van der Waals surface area (Å²) in [6, 6.07) is 8.84. The first-order chi connectivity index (χ1) is 9.42. The van der Waals surface area contributed by atoms with Crippen molar-refractivity contribution >= 4 is 11.8 Å². The maximum Gasteiger partial charge on any atom is 0.0260 e. The second-order valence-electron chi connectivity index (χ2n) is 5.66. The average Bonchev–Trinajstić information content (AvgIpc) is 2.87. The fraction of sp³-hybridized carbons (Fsp3) is 0.625. The first-order valence-corrected chi connectivity index (χ1v) is 8.47. The molecule has 0 bridgehead atoms. The molecule has 1 saturated heterocycles. The Bertz CT molecular complexity index is 376. The second kappa shape index (κ2) is 6.78. The van der Waals surface area contributed by atoms with Crippen LogP contribution in [0.4, 0.5) is 0 Å². The van der Waals surface area contributed by atoms with Gasteiger partial charge in [0.2, 0.25) is 0 Å². The Hall–Kier alpha value is -0.510. The van der Waals surface area contributed by atoms with Crippen molar-refractivity contribution in [3.63, 3.8) is 0 Å². The van der Waals surface area contributed by atoms with Gasteiger partial charge in [-0.15, -0.1) is 11.8 Å². The van der Waals surface area contributed by atoms with Crippen LogP contribution in [0.2, 0.25) is 0 Å². The van der Waals surface area contributed by atoms with Crippen LogP contribution in [0.3, 0.4) is 0 Å². The molecule has 1 fully saturated rings. The van der Waals surface area contributed by atoms with E-state index >= 15 is 0 Å². The molecular formula is C16H24N2S. The van der Waals surface area contributed by atoms with Crippen LogP contribution >= 0.6 is 11.8 Å². The summed E-state index contributed by atoms with van der Waals surface area (Å²) in [6.45, 7) is 6.14. The molecule has 3 heteroatoms. The lowest BCUT2D eigenvalue weighted by molar-refractivity contribution is 0.229. The summed E-state index contributed by atoms with van der Waals surface area (Å²) in [5.41, 5.74) is 1.54. The van der Waals surface area contributed by atoms with E-state index in [4.69, 9.17) is 0 Å². The lowest BCUT2D eigenvalue weighted by atomic mass is 10.1. The van der Waals surface area contributed by atoms with Gasteiger partial charge in [0.1, 0.15) is 0 Å². The van der Waals surface area contributed by atoms with Crippen LogP contribution in [0.5, 0.6) is 0 Å². The van der Waals surface area contributed by atoms with E-state index in [9.17, 15) is 0 Å². The van der Waals surface area contributed by atoms with Crippen molar-refractivity contribution in [2.75, 3.05) is 32.7 Å². The Morgan fingerprint density at radius 2 is 2.00 bits per heavy atom. The summed E-state index contributed by atoms with van der Waals surface area (Å²) in [5, 5.41) is 4.38. The quantitative estimate of drug-likeness (QED) is 0.833. The molecule has 0 aliphatic carbocycles. The maximum atomic E-state index is 3.65. The number of nitrogens with zero attached hydrogens (tertiary/aromatic N) is 1. The highest BCUT2D eigenvalue weighted by Gasteiger charge is 2.21. The summed E-state index contributed by atoms with van der Waals surface area (Å²) in [4.78, 5) is 4.10. The van der Waals surface area contributed by atoms with Gasteiger partial charge in [-0.25, -0.2) is 0 Å². The minimum Gasteiger partial charge on any atom is -0.314 e. The zero-order valence-corrected chi connectivity index (χ0v) is 12.4. The fourth-order valence-electron chi connectivity index (χ4n) is 3.05. The normalized spacial score (nSPS) is 23.5. The van der Waals surface area contributed by atoms with Crippen molar-refractivity contribution in [1.82, 2.24) is 10.2 Å². The van der Waals surface area contributed by atoms with E-state index in [1.54, 1.807) is 0 Å². The molecule has 2 nitrogen and oxygen atoms in total. The molecular weight excluding hydrogens is 252 g/mol. The molecule has 3 rings (SSSR count). The van der Waals surface area contributed by atoms with Gasteiger partial charge in [-0.05, 0) is 44.0 Å². The van der Waals surface area contributed by atoms with Gasteiger partial charge < -0.3 is 10.2 Å². The van der Waals surface area contributed by atoms with Crippen LogP contribution in [-0.2, 0) is 6.42 Å². The third-order valence-corrected chi connectivity index (χ3v) is 5.46. The van der Waals surface area contributed by atoms with Gasteiger partial charge in [0.15, 0.2) is 0 Å². The zero-order chi connectivity index (χ0) is 12.9. The summed E-state index contributed by atoms with van der Waals surface area (Å²) in [5.74, 6) is 0. The molecule has 2 aliphatic rings. The lowest BCUT2D eigenvalue weighted by Gasteiger charge is -2.26. The first-order valence-electron chi connectivity index (χ1n) is 7.59. The predicted octanol–water partition coefficient (Wildman–Crippen LogP) is 2.78. The average molecular weight is 276 g/mol. The van der Waals surface area contributed by atoms with E-state index in [2.05, 4.69) is 34.5 Å². The fourth-order valence-corrected chi connectivity index (χ4v) is 4.33. The summed E-state index contributed by atoms with van der Waals surface area (Å²) in [6.07, 6.45) is 5.46. The monoisotopic (exact) mass is 276 g/mol. The molecule has 0 radical (unpaired) electrons. The Morgan fingerprint density at radius 1 is 1.16 bits per heavy atom. The Kier molecular flexibility index (Phi) is 4.81. The van der Waals surface area contributed by atoms with E-state index in [1.807, 2.05) is 11.8 Å². The Balaban J connectivity index is 1.33. The molecule has 2 aliphatic heterocycles. The van der Waals surface area contributed by atoms with Gasteiger partial charge in [0, 0.05) is 29.8 Å². The maximum absolute atomic E-state index is 3.65. The van der Waals surface area contributed by atoms with Gasteiger partial charge in [-0.1, -0.05) is 24.6 Å². The SMILES string of the molecule is c1ccc2c(c1)CC(CNCCN1CCCCC1)S2. The second-order valence-corrected chi connectivity index (χ2v) is 7.00. The number of likely N-dealkylation sites (tertiary alicyclic amines) is 1. The van der Waals surface area contributed by atoms with Crippen molar-refractivity contribution < 1.29 is 0 Å². The highest BCUT2D eigenvalue weighted by Crippen LogP contribution is 2.36. The summed E-state index contributed by atoms with van der Waals surface area (Å²) in [7, 11) is 0. The number of thioether (sulfide) groups is 1. The predicted molar refractivity (Wildman–Crippen MR) is 83.0 cm³/mol. The molecule has 19 heavy (non-hydrogen) atoms. The number of piperidine rings is 1. The molecule has 1 unspecified atom stereocenters. The van der Waals surface area contributed by atoms with Crippen LogP contribution in [-0.4, -0.2) is 42.9 Å². The van der Waals surface area contributed by atoms with Gasteiger partial charge in [-0.3, -0.25) is 0 Å². The minimum atomic E-state index is 0.735. The minimum absolute atomic E-state index is 0.735. The van der Waals surface area contributed by atoms with Crippen molar-refractivity contribution in [1.29, 1.82) is 0 Å². The summed E-state index contributed by atoms with van der Waals surface area (Å²) >= 11 is 2.05. The van der Waals surface area contributed by atoms with Crippen LogP contribution in [0.25, 0.3) is 0 Å². The van der Waals surface area contributed by atoms with Gasteiger partial charge >= 0.3 is 0 Å². The van der Waals surface area contributed by atoms with Crippen LogP contribution < -0.4 is 5.32 Å². The number of fused-ring (bicyclic) bond motifs is 1. The topological polar surface area (TPSA) is 15.3 Å². The van der Waals surface area contributed by atoms with E-state index < -0.39 is 0 Å². The number of nitrogens with one attached hydrogen (secondary N) is 1. The standard InChI is InChI=1S/C16H24N2S/c1-4-9-18(10-5-1)11-8-17-13-15-12-14-6-2-3-7-16(14)19-15/h2-3,6-7,15,17H,1,4-5,8-13H2. The number of rotatable bonds is 5. The largest absolute Gasteiger partial charge is 0.314 e. The Labute approximate surface area is 121 Å². The van der Waals surface area contributed by atoms with E-state index in [0.29, 0.717) is 0 Å². The molecule has 0 aromatic heterocycles. The molecule has 1 aromatic rings. The van der Waals surface area contributed by atoms with E-state index in [-0.39, 0.29) is 0 Å². The lowest BCUT2D eigenvalue weighted by Crippen LogP contribution is -2.37. The van der Waals surface area contributed by atoms with Gasteiger partial charge in [-0.2, -0.15) is 0 Å². The van der Waals surface area contributed by atoms with E-state index in [0.717, 1.165) is 18.3 Å². The van der Waals surface area contributed by atoms with Crippen molar-refractivity contribution in [2.45, 2.75) is 35.8 Å². The number of hydrogen-bond donors (Lipinski definition) is 1. The van der Waals surface area contributed by atoms with Crippen molar-refractivity contribution in [3.8, 4) is 0 Å². The van der Waals surface area contributed by atoms with Gasteiger partial charge in [0.05, 0.1) is 0 Å². The summed E-state index contributed by atoms with van der Waals surface area (Å²) < 4.78 is 0. The molecule has 2 heterocycles. The van der Waals surface area contributed by atoms with E-state index in [1.165, 1.54) is 55.8 Å². The molecule has 0 amide bonds.